The predicted molar refractivity (Wildman–Crippen MR) is 90.6 cm³/mol. The van der Waals surface area contributed by atoms with E-state index in [1.165, 1.54) is 0 Å². The van der Waals surface area contributed by atoms with Gasteiger partial charge in [-0.15, -0.1) is 0 Å². The van der Waals surface area contributed by atoms with Crippen LogP contribution in [0.5, 0.6) is 0 Å². The van der Waals surface area contributed by atoms with Gasteiger partial charge in [-0.25, -0.2) is 4.98 Å². The van der Waals surface area contributed by atoms with Crippen molar-refractivity contribution in [3.05, 3.63) is 23.0 Å². The number of aromatic nitrogens is 3. The third kappa shape index (κ3) is 3.16. The quantitative estimate of drug-likeness (QED) is 0.938. The Labute approximate surface area is 136 Å². The van der Waals surface area contributed by atoms with E-state index in [9.17, 15) is 4.79 Å². The third-order valence-electron chi connectivity index (χ3n) is 4.81. The van der Waals surface area contributed by atoms with Crippen LogP contribution >= 0.6 is 0 Å². The summed E-state index contributed by atoms with van der Waals surface area (Å²) in [5, 5.41) is 4.67. The number of amides is 1. The van der Waals surface area contributed by atoms with Crippen LogP contribution in [0.15, 0.2) is 6.07 Å². The molecule has 6 nitrogen and oxygen atoms in total. The molecule has 0 bridgehead atoms. The molecule has 1 unspecified atom stereocenters. The van der Waals surface area contributed by atoms with E-state index in [1.54, 1.807) is 0 Å². The molecular weight excluding hydrogens is 290 g/mol. The molecule has 2 aromatic heterocycles. The van der Waals surface area contributed by atoms with Crippen LogP contribution in [-0.2, 0) is 4.79 Å². The lowest BCUT2D eigenvalue weighted by molar-refractivity contribution is -0.118. The lowest BCUT2D eigenvalue weighted by Gasteiger charge is -2.34. The van der Waals surface area contributed by atoms with Gasteiger partial charge in [-0.3, -0.25) is 4.79 Å². The number of nitrogens with zero attached hydrogens (tertiary/aromatic N) is 4. The van der Waals surface area contributed by atoms with Gasteiger partial charge in [0.05, 0.1) is 5.69 Å². The molecule has 3 rings (SSSR count). The first-order valence-corrected chi connectivity index (χ1v) is 8.32. The summed E-state index contributed by atoms with van der Waals surface area (Å²) in [6, 6.07) is 2.11. The summed E-state index contributed by atoms with van der Waals surface area (Å²) >= 11 is 0. The molecule has 1 aliphatic rings. The molecule has 0 radical (unpaired) electrons. The first-order chi connectivity index (χ1) is 11.0. The molecule has 1 amide bonds. The third-order valence-corrected chi connectivity index (χ3v) is 4.81. The Morgan fingerprint density at radius 2 is 2.17 bits per heavy atom. The highest BCUT2D eigenvalue weighted by molar-refractivity contribution is 5.73. The summed E-state index contributed by atoms with van der Waals surface area (Å²) in [4.78, 5) is 18.1. The highest BCUT2D eigenvalue weighted by atomic mass is 16.1. The number of anilines is 1. The van der Waals surface area contributed by atoms with Gasteiger partial charge in [-0.05, 0) is 46.0 Å². The smallest absolute Gasteiger partial charge is 0.217 e. The van der Waals surface area contributed by atoms with Crippen LogP contribution < -0.4 is 10.6 Å². The highest BCUT2D eigenvalue weighted by Gasteiger charge is 2.23. The fourth-order valence-electron chi connectivity index (χ4n) is 3.41. The lowest BCUT2D eigenvalue weighted by atomic mass is 9.93. The molecule has 0 spiro atoms. The second kappa shape index (κ2) is 6.18. The van der Waals surface area contributed by atoms with Gasteiger partial charge in [0.25, 0.3) is 0 Å². The molecule has 1 aliphatic heterocycles. The fourth-order valence-corrected chi connectivity index (χ4v) is 3.41. The SMILES string of the molecule is Cc1cc(N2CCCC(CCC(N)=O)C2)n2nc(C)c(C)c2n1. The van der Waals surface area contributed by atoms with Gasteiger partial charge in [-0.1, -0.05) is 0 Å². The Kier molecular flexibility index (Phi) is 4.24. The summed E-state index contributed by atoms with van der Waals surface area (Å²) < 4.78 is 1.97. The minimum Gasteiger partial charge on any atom is -0.370 e. The van der Waals surface area contributed by atoms with Crippen molar-refractivity contribution in [2.75, 3.05) is 18.0 Å². The van der Waals surface area contributed by atoms with E-state index in [4.69, 9.17) is 5.73 Å². The van der Waals surface area contributed by atoms with E-state index in [1.807, 2.05) is 18.4 Å². The molecule has 1 saturated heterocycles. The standard InChI is InChI=1S/C17H25N5O/c1-11-9-16(22-17(19-11)12(2)13(3)20-22)21-8-4-5-14(10-21)6-7-15(18)23/h9,14H,4-8,10H2,1-3H3,(H2,18,23). The fraction of sp³-hybridized carbons (Fsp3) is 0.588. The summed E-state index contributed by atoms with van der Waals surface area (Å²) in [5.41, 5.74) is 9.40. The highest BCUT2D eigenvalue weighted by Crippen LogP contribution is 2.27. The van der Waals surface area contributed by atoms with Crippen LogP contribution in [0.1, 0.15) is 42.6 Å². The van der Waals surface area contributed by atoms with Crippen molar-refractivity contribution in [2.24, 2.45) is 11.7 Å². The maximum atomic E-state index is 11.0. The first kappa shape index (κ1) is 15.8. The molecular formula is C17H25N5O. The minimum absolute atomic E-state index is 0.206. The van der Waals surface area contributed by atoms with E-state index in [2.05, 4.69) is 28.0 Å². The molecule has 3 heterocycles. The number of hydrogen-bond donors (Lipinski definition) is 1. The summed E-state index contributed by atoms with van der Waals surface area (Å²) in [7, 11) is 0. The van der Waals surface area contributed by atoms with Crippen LogP contribution in [0, 0.1) is 26.7 Å². The van der Waals surface area contributed by atoms with Crippen molar-refractivity contribution in [2.45, 2.75) is 46.5 Å². The number of hydrogen-bond acceptors (Lipinski definition) is 4. The first-order valence-electron chi connectivity index (χ1n) is 8.32. The maximum absolute atomic E-state index is 11.0. The molecule has 0 aliphatic carbocycles. The van der Waals surface area contributed by atoms with Gasteiger partial charge in [0.15, 0.2) is 5.65 Å². The maximum Gasteiger partial charge on any atom is 0.217 e. The monoisotopic (exact) mass is 315 g/mol. The molecule has 1 atom stereocenters. The molecule has 2 N–H and O–H groups in total. The van der Waals surface area contributed by atoms with Crippen molar-refractivity contribution < 1.29 is 4.79 Å². The number of primary amides is 1. The van der Waals surface area contributed by atoms with Gasteiger partial charge >= 0.3 is 0 Å². The Balaban J connectivity index is 1.90. The molecule has 0 aromatic carbocycles. The van der Waals surface area contributed by atoms with Gasteiger partial charge in [0.1, 0.15) is 5.82 Å². The van der Waals surface area contributed by atoms with Gasteiger partial charge in [0, 0.05) is 36.8 Å². The molecule has 23 heavy (non-hydrogen) atoms. The lowest BCUT2D eigenvalue weighted by Crippen LogP contribution is -2.37. The van der Waals surface area contributed by atoms with Crippen LogP contribution in [0.3, 0.4) is 0 Å². The summed E-state index contributed by atoms with van der Waals surface area (Å²) in [6.45, 7) is 8.09. The Morgan fingerprint density at radius 3 is 2.91 bits per heavy atom. The molecule has 2 aromatic rings. The van der Waals surface area contributed by atoms with Crippen molar-refractivity contribution in [3.8, 4) is 0 Å². The van der Waals surface area contributed by atoms with Crippen LogP contribution in [0.4, 0.5) is 5.82 Å². The van der Waals surface area contributed by atoms with Crippen molar-refractivity contribution in [3.63, 3.8) is 0 Å². The van der Waals surface area contributed by atoms with Crippen LogP contribution in [0.2, 0.25) is 0 Å². The molecule has 0 saturated carbocycles. The molecule has 124 valence electrons. The summed E-state index contributed by atoms with van der Waals surface area (Å²) in [6.07, 6.45) is 3.64. The van der Waals surface area contributed by atoms with E-state index in [0.29, 0.717) is 12.3 Å². The number of carbonyl (C=O) groups is 1. The Morgan fingerprint density at radius 1 is 1.39 bits per heavy atom. The van der Waals surface area contributed by atoms with Crippen LogP contribution in [-0.4, -0.2) is 33.6 Å². The average Bonchev–Trinajstić information content (AvgIpc) is 2.80. The van der Waals surface area contributed by atoms with E-state index in [-0.39, 0.29) is 5.91 Å². The van der Waals surface area contributed by atoms with Crippen LogP contribution in [0.25, 0.3) is 5.65 Å². The zero-order chi connectivity index (χ0) is 16.6. The van der Waals surface area contributed by atoms with Gasteiger partial charge < -0.3 is 10.6 Å². The largest absolute Gasteiger partial charge is 0.370 e. The Bertz CT molecular complexity index is 736. The predicted octanol–water partition coefficient (Wildman–Crippen LogP) is 2.14. The van der Waals surface area contributed by atoms with Crippen molar-refractivity contribution >= 4 is 17.4 Å². The van der Waals surface area contributed by atoms with Crippen molar-refractivity contribution in [1.29, 1.82) is 0 Å². The molecule has 1 fully saturated rings. The summed E-state index contributed by atoms with van der Waals surface area (Å²) in [5.74, 6) is 1.41. The van der Waals surface area contributed by atoms with Gasteiger partial charge in [0.2, 0.25) is 5.91 Å². The molecule has 6 heteroatoms. The number of aryl methyl sites for hydroxylation is 3. The number of fused-ring (bicyclic) bond motifs is 1. The second-order valence-electron chi connectivity index (χ2n) is 6.66. The normalized spacial score (nSPS) is 18.6. The number of carbonyl (C=O) groups excluding carboxylic acids is 1. The Hall–Kier alpha value is -2.11. The average molecular weight is 315 g/mol. The number of piperidine rings is 1. The zero-order valence-corrected chi connectivity index (χ0v) is 14.2. The number of nitrogens with two attached hydrogens (primary N) is 1. The van der Waals surface area contributed by atoms with E-state index in [0.717, 1.165) is 60.8 Å². The van der Waals surface area contributed by atoms with Crippen molar-refractivity contribution in [1.82, 2.24) is 14.6 Å². The second-order valence-corrected chi connectivity index (χ2v) is 6.66. The topological polar surface area (TPSA) is 76.5 Å². The van der Waals surface area contributed by atoms with Gasteiger partial charge in [-0.2, -0.15) is 9.61 Å². The van der Waals surface area contributed by atoms with E-state index < -0.39 is 0 Å². The zero-order valence-electron chi connectivity index (χ0n) is 14.2. The van der Waals surface area contributed by atoms with E-state index >= 15 is 0 Å². The minimum atomic E-state index is -0.206. The number of rotatable bonds is 4.